The van der Waals surface area contributed by atoms with Crippen LogP contribution in [-0.4, -0.2) is 25.7 Å². The number of aliphatic imine (C=N–C) groups is 1. The van der Waals surface area contributed by atoms with E-state index in [9.17, 15) is 0 Å². The molecule has 25 heavy (non-hydrogen) atoms. The standard InChI is InChI=1S/C20H27N3O2/c1-4-24-19-10-6-5-8-17(19)15-23-20(22-14-16(2)3)21-12-11-18-9-7-13-25-18/h5-10,13H,2,4,11-12,14-15H2,1,3H3,(H2,21,22,23). The van der Waals surface area contributed by atoms with Gasteiger partial charge in [-0.25, -0.2) is 4.99 Å². The van der Waals surface area contributed by atoms with Gasteiger partial charge in [-0.3, -0.25) is 0 Å². The summed E-state index contributed by atoms with van der Waals surface area (Å²) in [6, 6.07) is 11.8. The Bertz CT molecular complexity index is 678. The maximum absolute atomic E-state index is 5.66. The molecule has 2 N–H and O–H groups in total. The zero-order valence-electron chi connectivity index (χ0n) is 15.0. The number of benzene rings is 1. The molecule has 0 aliphatic heterocycles. The summed E-state index contributed by atoms with van der Waals surface area (Å²) in [5, 5.41) is 6.62. The molecule has 1 aromatic heterocycles. The van der Waals surface area contributed by atoms with E-state index in [4.69, 9.17) is 9.15 Å². The zero-order valence-corrected chi connectivity index (χ0v) is 15.0. The predicted molar refractivity (Wildman–Crippen MR) is 102 cm³/mol. The molecule has 0 unspecified atom stereocenters. The minimum Gasteiger partial charge on any atom is -0.494 e. The molecule has 0 aliphatic carbocycles. The van der Waals surface area contributed by atoms with Gasteiger partial charge in [0, 0.05) is 25.1 Å². The van der Waals surface area contributed by atoms with Crippen LogP contribution in [0.15, 0.2) is 64.2 Å². The Morgan fingerprint density at radius 2 is 2.04 bits per heavy atom. The third-order valence-corrected chi connectivity index (χ3v) is 3.48. The second-order valence-electron chi connectivity index (χ2n) is 5.77. The number of hydrogen-bond donors (Lipinski definition) is 2. The zero-order chi connectivity index (χ0) is 17.9. The molecular weight excluding hydrogens is 314 g/mol. The van der Waals surface area contributed by atoms with E-state index in [0.29, 0.717) is 19.7 Å². The van der Waals surface area contributed by atoms with Crippen molar-refractivity contribution in [3.05, 3.63) is 66.1 Å². The number of guanidine groups is 1. The molecule has 0 bridgehead atoms. The average molecular weight is 341 g/mol. The SMILES string of the molecule is C=C(C)CNC(=NCc1ccccc1OCC)NCCc1ccco1. The highest BCUT2D eigenvalue weighted by molar-refractivity contribution is 5.80. The van der Waals surface area contributed by atoms with Gasteiger partial charge in [0.2, 0.25) is 0 Å². The van der Waals surface area contributed by atoms with Crippen LogP contribution in [0.2, 0.25) is 0 Å². The maximum atomic E-state index is 5.66. The third-order valence-electron chi connectivity index (χ3n) is 3.48. The van der Waals surface area contributed by atoms with E-state index < -0.39 is 0 Å². The summed E-state index contributed by atoms with van der Waals surface area (Å²) in [4.78, 5) is 4.67. The van der Waals surface area contributed by atoms with E-state index in [1.54, 1.807) is 6.26 Å². The van der Waals surface area contributed by atoms with Gasteiger partial charge in [0.25, 0.3) is 0 Å². The molecule has 0 saturated carbocycles. The minimum atomic E-state index is 0.544. The Morgan fingerprint density at radius 3 is 2.76 bits per heavy atom. The van der Waals surface area contributed by atoms with E-state index >= 15 is 0 Å². The fourth-order valence-corrected chi connectivity index (χ4v) is 2.26. The number of para-hydroxylation sites is 1. The lowest BCUT2D eigenvalue weighted by Crippen LogP contribution is -2.39. The van der Waals surface area contributed by atoms with Gasteiger partial charge in [0.05, 0.1) is 19.4 Å². The van der Waals surface area contributed by atoms with Crippen LogP contribution >= 0.6 is 0 Å². The van der Waals surface area contributed by atoms with Gasteiger partial charge < -0.3 is 19.8 Å². The summed E-state index contributed by atoms with van der Waals surface area (Å²) < 4.78 is 11.0. The van der Waals surface area contributed by atoms with Gasteiger partial charge in [0.1, 0.15) is 11.5 Å². The summed E-state index contributed by atoms with van der Waals surface area (Å²) in [6.07, 6.45) is 2.49. The van der Waals surface area contributed by atoms with Crippen molar-refractivity contribution < 1.29 is 9.15 Å². The predicted octanol–water partition coefficient (Wildman–Crippen LogP) is 3.53. The van der Waals surface area contributed by atoms with Crippen molar-refractivity contribution in [1.29, 1.82) is 0 Å². The largest absolute Gasteiger partial charge is 0.494 e. The van der Waals surface area contributed by atoms with E-state index in [1.165, 1.54) is 0 Å². The van der Waals surface area contributed by atoms with Crippen molar-refractivity contribution >= 4 is 5.96 Å². The second-order valence-corrected chi connectivity index (χ2v) is 5.77. The summed E-state index contributed by atoms with van der Waals surface area (Å²) in [5.74, 6) is 2.58. The first-order valence-electron chi connectivity index (χ1n) is 8.58. The fourth-order valence-electron chi connectivity index (χ4n) is 2.26. The monoisotopic (exact) mass is 341 g/mol. The van der Waals surface area contributed by atoms with Crippen molar-refractivity contribution in [2.75, 3.05) is 19.7 Å². The van der Waals surface area contributed by atoms with Gasteiger partial charge in [-0.1, -0.05) is 30.4 Å². The first kappa shape index (κ1) is 18.6. The van der Waals surface area contributed by atoms with Crippen LogP contribution in [0.5, 0.6) is 5.75 Å². The van der Waals surface area contributed by atoms with Crippen molar-refractivity contribution in [2.45, 2.75) is 26.8 Å². The molecule has 5 nitrogen and oxygen atoms in total. The van der Waals surface area contributed by atoms with Crippen molar-refractivity contribution in [3.63, 3.8) is 0 Å². The molecule has 134 valence electrons. The molecule has 0 atom stereocenters. The van der Waals surface area contributed by atoms with Crippen LogP contribution in [0.3, 0.4) is 0 Å². The minimum absolute atomic E-state index is 0.544. The molecule has 0 amide bonds. The van der Waals surface area contributed by atoms with Crippen LogP contribution in [0.25, 0.3) is 0 Å². The highest BCUT2D eigenvalue weighted by Crippen LogP contribution is 2.18. The number of hydrogen-bond acceptors (Lipinski definition) is 3. The number of furan rings is 1. The lowest BCUT2D eigenvalue weighted by atomic mass is 10.2. The molecule has 0 aliphatic rings. The molecule has 0 saturated heterocycles. The van der Waals surface area contributed by atoms with Gasteiger partial charge in [-0.15, -0.1) is 0 Å². The highest BCUT2D eigenvalue weighted by atomic mass is 16.5. The van der Waals surface area contributed by atoms with Crippen LogP contribution < -0.4 is 15.4 Å². The lowest BCUT2D eigenvalue weighted by molar-refractivity contribution is 0.336. The van der Waals surface area contributed by atoms with E-state index in [1.807, 2.05) is 50.2 Å². The summed E-state index contributed by atoms with van der Waals surface area (Å²) >= 11 is 0. The Morgan fingerprint density at radius 1 is 1.20 bits per heavy atom. The third kappa shape index (κ3) is 6.75. The van der Waals surface area contributed by atoms with Crippen LogP contribution in [0, 0.1) is 0 Å². The number of ether oxygens (including phenoxy) is 1. The van der Waals surface area contributed by atoms with E-state index in [-0.39, 0.29) is 0 Å². The molecule has 0 spiro atoms. The van der Waals surface area contributed by atoms with Crippen LogP contribution in [0.1, 0.15) is 25.2 Å². The van der Waals surface area contributed by atoms with Crippen molar-refractivity contribution in [3.8, 4) is 5.75 Å². The second kappa shape index (κ2) is 10.2. The first-order valence-corrected chi connectivity index (χ1v) is 8.58. The lowest BCUT2D eigenvalue weighted by Gasteiger charge is -2.13. The molecule has 1 aromatic carbocycles. The number of nitrogens with one attached hydrogen (secondary N) is 2. The molecule has 5 heteroatoms. The molecule has 0 radical (unpaired) electrons. The highest BCUT2D eigenvalue weighted by Gasteiger charge is 2.04. The quantitative estimate of drug-likeness (QED) is 0.416. The van der Waals surface area contributed by atoms with Crippen molar-refractivity contribution in [1.82, 2.24) is 10.6 Å². The molecule has 0 fully saturated rings. The van der Waals surface area contributed by atoms with Gasteiger partial charge in [-0.2, -0.15) is 0 Å². The summed E-state index contributed by atoms with van der Waals surface area (Å²) in [5.41, 5.74) is 2.11. The number of rotatable bonds is 9. The maximum Gasteiger partial charge on any atom is 0.191 e. The van der Waals surface area contributed by atoms with E-state index in [0.717, 1.165) is 41.6 Å². The fraction of sp³-hybridized carbons (Fsp3) is 0.350. The Labute approximate surface area is 149 Å². The molecular formula is C20H27N3O2. The Hall–Kier alpha value is -2.69. The topological polar surface area (TPSA) is 58.8 Å². The van der Waals surface area contributed by atoms with Gasteiger partial charge >= 0.3 is 0 Å². The smallest absolute Gasteiger partial charge is 0.191 e. The van der Waals surface area contributed by atoms with E-state index in [2.05, 4.69) is 22.2 Å². The molecule has 2 aromatic rings. The van der Waals surface area contributed by atoms with Gasteiger partial charge in [0.15, 0.2) is 5.96 Å². The first-order chi connectivity index (χ1) is 12.2. The van der Waals surface area contributed by atoms with Crippen LogP contribution in [-0.2, 0) is 13.0 Å². The number of nitrogens with zero attached hydrogens (tertiary/aromatic N) is 1. The Kier molecular flexibility index (Phi) is 7.63. The normalized spacial score (nSPS) is 11.2. The summed E-state index contributed by atoms with van der Waals surface area (Å²) in [6.45, 7) is 10.5. The summed E-state index contributed by atoms with van der Waals surface area (Å²) in [7, 11) is 0. The van der Waals surface area contributed by atoms with Crippen molar-refractivity contribution in [2.24, 2.45) is 4.99 Å². The Balaban J connectivity index is 1.98. The van der Waals surface area contributed by atoms with Crippen LogP contribution in [0.4, 0.5) is 0 Å². The average Bonchev–Trinajstić information content (AvgIpc) is 3.11. The molecule has 1 heterocycles. The van der Waals surface area contributed by atoms with Gasteiger partial charge in [-0.05, 0) is 32.0 Å². The molecule has 2 rings (SSSR count).